The Morgan fingerprint density at radius 2 is 1.73 bits per heavy atom. The van der Waals surface area contributed by atoms with Crippen LogP contribution in [0.4, 0.5) is 18.0 Å². The highest BCUT2D eigenvalue weighted by molar-refractivity contribution is 6.35. The zero-order chi connectivity index (χ0) is 27.6. The highest BCUT2D eigenvalue weighted by atomic mass is 35.5. The Bertz CT molecular complexity index is 1030. The number of ether oxygens (including phenoxy) is 1. The van der Waals surface area contributed by atoms with Crippen LogP contribution in [0.2, 0.25) is 10.0 Å². The van der Waals surface area contributed by atoms with E-state index in [2.05, 4.69) is 10.6 Å². The summed E-state index contributed by atoms with van der Waals surface area (Å²) in [5.41, 5.74) is 1.92. The summed E-state index contributed by atoms with van der Waals surface area (Å²) in [6, 6.07) is 13.3. The van der Waals surface area contributed by atoms with Crippen LogP contribution in [0.1, 0.15) is 37.8 Å². The predicted octanol–water partition coefficient (Wildman–Crippen LogP) is 5.88. The summed E-state index contributed by atoms with van der Waals surface area (Å²) in [5.74, 6) is -1.93. The molecule has 0 saturated carbocycles. The van der Waals surface area contributed by atoms with Gasteiger partial charge in [0.2, 0.25) is 0 Å². The van der Waals surface area contributed by atoms with Crippen LogP contribution in [0.3, 0.4) is 0 Å². The molecule has 7 nitrogen and oxygen atoms in total. The first-order valence-electron chi connectivity index (χ1n) is 11.6. The van der Waals surface area contributed by atoms with Gasteiger partial charge in [-0.15, -0.1) is 0 Å². The molecule has 1 saturated heterocycles. The molecule has 37 heavy (non-hydrogen) atoms. The molecule has 0 radical (unpaired) electrons. The summed E-state index contributed by atoms with van der Waals surface area (Å²) >= 11 is 12.4. The van der Waals surface area contributed by atoms with Gasteiger partial charge < -0.3 is 25.4 Å². The topological polar surface area (TPSA) is 90.9 Å². The van der Waals surface area contributed by atoms with Crippen LogP contribution < -0.4 is 15.4 Å². The Morgan fingerprint density at radius 3 is 2.24 bits per heavy atom. The van der Waals surface area contributed by atoms with Gasteiger partial charge in [-0.25, -0.2) is 9.59 Å². The van der Waals surface area contributed by atoms with Gasteiger partial charge in [-0.3, -0.25) is 0 Å². The van der Waals surface area contributed by atoms with Crippen molar-refractivity contribution < 1.29 is 32.6 Å². The quantitative estimate of drug-likeness (QED) is 0.391. The van der Waals surface area contributed by atoms with Crippen molar-refractivity contribution in [1.82, 2.24) is 15.5 Å². The number of halogens is 5. The number of urea groups is 1. The summed E-state index contributed by atoms with van der Waals surface area (Å²) < 4.78 is 37.4. The molecule has 1 fully saturated rings. The van der Waals surface area contributed by atoms with E-state index in [4.69, 9.17) is 37.8 Å². The largest absolute Gasteiger partial charge is 0.491 e. The fourth-order valence-corrected chi connectivity index (χ4v) is 4.02. The monoisotopic (exact) mass is 563 g/mol. The van der Waals surface area contributed by atoms with Gasteiger partial charge in [-0.2, -0.15) is 13.2 Å². The van der Waals surface area contributed by atoms with Crippen molar-refractivity contribution in [3.8, 4) is 5.75 Å². The van der Waals surface area contributed by atoms with Gasteiger partial charge in [-0.1, -0.05) is 41.4 Å². The molecule has 0 atom stereocenters. The molecule has 12 heteroatoms. The molecule has 2 aromatic rings. The van der Waals surface area contributed by atoms with Crippen molar-refractivity contribution in [2.45, 2.75) is 58.1 Å². The lowest BCUT2D eigenvalue weighted by molar-refractivity contribution is -0.192. The predicted molar refractivity (Wildman–Crippen MR) is 136 cm³/mol. The fourth-order valence-electron chi connectivity index (χ4n) is 3.56. The zero-order valence-electron chi connectivity index (χ0n) is 20.4. The maximum atomic E-state index is 13.1. The molecule has 2 amide bonds. The number of nitrogens with one attached hydrogen (secondary N) is 2. The SMILES string of the molecule is CC(C)Oc1ccc(CNC(=O)N(Cc2ccc(Cl)cc2Cl)C2CCNCC2)cc1.O=C(O)C(F)(F)F. The van der Waals surface area contributed by atoms with Crippen molar-refractivity contribution in [2.24, 2.45) is 0 Å². The molecule has 0 aromatic heterocycles. The lowest BCUT2D eigenvalue weighted by Gasteiger charge is -2.35. The highest BCUT2D eigenvalue weighted by Crippen LogP contribution is 2.25. The minimum Gasteiger partial charge on any atom is -0.491 e. The summed E-state index contributed by atoms with van der Waals surface area (Å²) in [6.45, 7) is 6.71. The van der Waals surface area contributed by atoms with E-state index in [1.165, 1.54) is 0 Å². The molecule has 0 unspecified atom stereocenters. The maximum absolute atomic E-state index is 13.1. The summed E-state index contributed by atoms with van der Waals surface area (Å²) in [6.07, 6.45) is -3.12. The second-order valence-corrected chi connectivity index (χ2v) is 9.46. The van der Waals surface area contributed by atoms with Crippen molar-refractivity contribution in [2.75, 3.05) is 13.1 Å². The third kappa shape index (κ3) is 10.7. The van der Waals surface area contributed by atoms with Crippen molar-refractivity contribution in [3.63, 3.8) is 0 Å². The molecular weight excluding hydrogens is 534 g/mol. The minimum absolute atomic E-state index is 0.0876. The first-order valence-corrected chi connectivity index (χ1v) is 12.4. The van der Waals surface area contributed by atoms with Crippen molar-refractivity contribution in [1.29, 1.82) is 0 Å². The van der Waals surface area contributed by atoms with Crippen molar-refractivity contribution >= 4 is 35.2 Å². The molecule has 0 aliphatic carbocycles. The van der Waals surface area contributed by atoms with Crippen LogP contribution in [0.15, 0.2) is 42.5 Å². The molecule has 204 valence electrons. The number of piperidine rings is 1. The number of amides is 2. The lowest BCUT2D eigenvalue weighted by Crippen LogP contribution is -2.49. The normalized spacial score (nSPS) is 13.9. The van der Waals surface area contributed by atoms with Gasteiger partial charge in [0.1, 0.15) is 5.75 Å². The molecular formula is C25H30Cl2F3N3O4. The first-order chi connectivity index (χ1) is 17.4. The average Bonchev–Trinajstić information content (AvgIpc) is 2.83. The number of nitrogens with zero attached hydrogens (tertiary/aromatic N) is 1. The number of carbonyl (C=O) groups is 2. The van der Waals surface area contributed by atoms with E-state index in [9.17, 15) is 18.0 Å². The van der Waals surface area contributed by atoms with Gasteiger partial charge in [0.25, 0.3) is 0 Å². The molecule has 2 aromatic carbocycles. The molecule has 1 aliphatic heterocycles. The fraction of sp³-hybridized carbons (Fsp3) is 0.440. The standard InChI is InChI=1S/C23H29Cl2N3O2.C2HF3O2/c1-16(2)30-21-7-3-17(4-8-21)14-27-23(29)28(20-9-11-26-12-10-20)15-18-5-6-19(24)13-22(18)25;3-2(4,5)1(6)7/h3-8,13,16,20,26H,9-12,14-15H2,1-2H3,(H,27,29);(H,6,7). The van der Waals surface area contributed by atoms with Crippen LogP contribution in [-0.2, 0) is 17.9 Å². The lowest BCUT2D eigenvalue weighted by atomic mass is 10.0. The first kappa shape index (κ1) is 30.5. The van der Waals surface area contributed by atoms with Crippen LogP contribution in [0.25, 0.3) is 0 Å². The molecule has 1 aliphatic rings. The maximum Gasteiger partial charge on any atom is 0.490 e. The van der Waals surface area contributed by atoms with E-state index in [1.807, 2.05) is 55.1 Å². The van der Waals surface area contributed by atoms with E-state index in [0.717, 1.165) is 42.8 Å². The zero-order valence-corrected chi connectivity index (χ0v) is 22.0. The van der Waals surface area contributed by atoms with Gasteiger partial charge in [0.05, 0.1) is 6.10 Å². The number of benzene rings is 2. The number of carboxylic acid groups (broad SMARTS) is 1. The van der Waals surface area contributed by atoms with Crippen LogP contribution in [0, 0.1) is 0 Å². The third-order valence-electron chi connectivity index (χ3n) is 5.35. The van der Waals surface area contributed by atoms with Gasteiger partial charge in [-0.05, 0) is 75.2 Å². The third-order valence-corrected chi connectivity index (χ3v) is 5.93. The Balaban J connectivity index is 0.000000604. The Kier molecular flexibility index (Phi) is 11.8. The average molecular weight is 564 g/mol. The van der Waals surface area contributed by atoms with Gasteiger partial charge in [0, 0.05) is 29.2 Å². The molecule has 1 heterocycles. The number of alkyl halides is 3. The number of aliphatic carboxylic acids is 1. The second kappa shape index (κ2) is 14.3. The van der Waals surface area contributed by atoms with Gasteiger partial charge in [0.15, 0.2) is 0 Å². The molecule has 3 N–H and O–H groups in total. The number of carboxylic acids is 1. The number of carbonyl (C=O) groups excluding carboxylic acids is 1. The van der Waals surface area contributed by atoms with Crippen molar-refractivity contribution in [3.05, 3.63) is 63.6 Å². The summed E-state index contributed by atoms with van der Waals surface area (Å²) in [4.78, 5) is 23.9. The van der Waals surface area contributed by atoms with E-state index in [0.29, 0.717) is 23.1 Å². The molecule has 3 rings (SSSR count). The minimum atomic E-state index is -5.08. The number of rotatable bonds is 7. The van der Waals surface area contributed by atoms with E-state index in [-0.39, 0.29) is 18.2 Å². The Labute approximate surface area is 223 Å². The smallest absolute Gasteiger partial charge is 0.490 e. The van der Waals surface area contributed by atoms with Crippen LogP contribution >= 0.6 is 23.2 Å². The van der Waals surface area contributed by atoms with Gasteiger partial charge >= 0.3 is 18.2 Å². The summed E-state index contributed by atoms with van der Waals surface area (Å²) in [7, 11) is 0. The number of hydrogen-bond acceptors (Lipinski definition) is 4. The van der Waals surface area contributed by atoms with Crippen LogP contribution in [-0.4, -0.2) is 53.4 Å². The van der Waals surface area contributed by atoms with E-state index in [1.54, 1.807) is 6.07 Å². The highest BCUT2D eigenvalue weighted by Gasteiger charge is 2.38. The van der Waals surface area contributed by atoms with Crippen LogP contribution in [0.5, 0.6) is 5.75 Å². The second-order valence-electron chi connectivity index (χ2n) is 8.62. The Morgan fingerprint density at radius 1 is 1.14 bits per heavy atom. The Hall–Kier alpha value is -2.69. The van der Waals surface area contributed by atoms with E-state index >= 15 is 0 Å². The molecule has 0 spiro atoms. The summed E-state index contributed by atoms with van der Waals surface area (Å²) in [5, 5.41) is 14.7. The molecule has 0 bridgehead atoms. The van der Waals surface area contributed by atoms with E-state index < -0.39 is 12.1 Å². The number of hydrogen-bond donors (Lipinski definition) is 3.